The maximum atomic E-state index is 12.2. The molecule has 0 aromatic heterocycles. The molecule has 0 heterocycles. The minimum atomic E-state index is 0.0865. The number of hydrogen-bond donors (Lipinski definition) is 1. The first-order valence-corrected chi connectivity index (χ1v) is 6.30. The second-order valence-electron chi connectivity index (χ2n) is 5.45. The van der Waals surface area contributed by atoms with E-state index in [9.17, 15) is 4.79 Å². The summed E-state index contributed by atoms with van der Waals surface area (Å²) in [5.41, 5.74) is 5.69. The lowest BCUT2D eigenvalue weighted by molar-refractivity contribution is -0.129. The molecular weight excluding hydrogens is 186 g/mol. The van der Waals surface area contributed by atoms with Crippen molar-refractivity contribution in [1.29, 1.82) is 0 Å². The van der Waals surface area contributed by atoms with E-state index < -0.39 is 0 Å². The van der Waals surface area contributed by atoms with Gasteiger partial charge in [-0.05, 0) is 24.7 Å². The van der Waals surface area contributed by atoms with Crippen LogP contribution in [0.3, 0.4) is 0 Å². The number of carbonyl (C=O) groups is 1. The summed E-state index contributed by atoms with van der Waals surface area (Å²) in [6, 6.07) is 0. The van der Waals surface area contributed by atoms with E-state index >= 15 is 0 Å². The summed E-state index contributed by atoms with van der Waals surface area (Å²) < 4.78 is 0. The zero-order chi connectivity index (χ0) is 11.4. The average Bonchev–Trinajstić information content (AvgIpc) is 2.19. The minimum absolute atomic E-state index is 0.0865. The smallest absolute Gasteiger partial charge is 0.140 e. The lowest BCUT2D eigenvalue weighted by Gasteiger charge is -2.29. The molecule has 88 valence electrons. The predicted molar refractivity (Wildman–Crippen MR) is 63.5 cm³/mol. The van der Waals surface area contributed by atoms with Gasteiger partial charge in [0, 0.05) is 18.4 Å². The standard InChI is InChI=1S/C13H25NO/c1-9(2)12(8-14)13(15)11-6-4-10(3)5-7-11/h9-12H,4-8,14H2,1-3H3. The monoisotopic (exact) mass is 211 g/mol. The fourth-order valence-electron chi connectivity index (χ4n) is 2.56. The Bertz CT molecular complexity index is 205. The van der Waals surface area contributed by atoms with Gasteiger partial charge in [0.25, 0.3) is 0 Å². The first-order valence-electron chi connectivity index (χ1n) is 6.30. The summed E-state index contributed by atoms with van der Waals surface area (Å²) in [7, 11) is 0. The molecule has 15 heavy (non-hydrogen) atoms. The molecule has 1 rings (SSSR count). The van der Waals surface area contributed by atoms with Crippen LogP contribution in [0.15, 0.2) is 0 Å². The third-order valence-corrected chi connectivity index (χ3v) is 3.84. The summed E-state index contributed by atoms with van der Waals surface area (Å²) in [5.74, 6) is 2.02. The number of carbonyl (C=O) groups excluding carboxylic acids is 1. The highest BCUT2D eigenvalue weighted by atomic mass is 16.1. The van der Waals surface area contributed by atoms with Gasteiger partial charge in [0.05, 0.1) is 0 Å². The van der Waals surface area contributed by atoms with Crippen molar-refractivity contribution in [2.24, 2.45) is 29.4 Å². The highest BCUT2D eigenvalue weighted by Crippen LogP contribution is 2.31. The molecular formula is C13H25NO. The second kappa shape index (κ2) is 5.64. The molecule has 0 radical (unpaired) electrons. The van der Waals surface area contributed by atoms with Gasteiger partial charge in [-0.1, -0.05) is 33.6 Å². The van der Waals surface area contributed by atoms with Gasteiger partial charge in [-0.2, -0.15) is 0 Å². The van der Waals surface area contributed by atoms with Crippen molar-refractivity contribution in [3.8, 4) is 0 Å². The Kier molecular flexibility index (Phi) is 4.78. The molecule has 0 spiro atoms. The van der Waals surface area contributed by atoms with Crippen molar-refractivity contribution >= 4 is 5.78 Å². The van der Waals surface area contributed by atoms with Gasteiger partial charge in [0.2, 0.25) is 0 Å². The Morgan fingerprint density at radius 2 is 1.80 bits per heavy atom. The first kappa shape index (κ1) is 12.7. The average molecular weight is 211 g/mol. The van der Waals surface area contributed by atoms with Crippen LogP contribution in [0.25, 0.3) is 0 Å². The van der Waals surface area contributed by atoms with Crippen LogP contribution in [0.2, 0.25) is 0 Å². The zero-order valence-electron chi connectivity index (χ0n) is 10.3. The molecule has 0 bridgehead atoms. The normalized spacial score (nSPS) is 29.1. The third kappa shape index (κ3) is 3.30. The highest BCUT2D eigenvalue weighted by molar-refractivity contribution is 5.83. The second-order valence-corrected chi connectivity index (χ2v) is 5.45. The Hall–Kier alpha value is -0.370. The lowest BCUT2D eigenvalue weighted by atomic mass is 9.75. The fourth-order valence-corrected chi connectivity index (χ4v) is 2.56. The van der Waals surface area contributed by atoms with Gasteiger partial charge >= 0.3 is 0 Å². The van der Waals surface area contributed by atoms with Crippen LogP contribution in [-0.4, -0.2) is 12.3 Å². The summed E-state index contributed by atoms with van der Waals surface area (Å²) >= 11 is 0. The summed E-state index contributed by atoms with van der Waals surface area (Å²) in [6.07, 6.45) is 4.60. The third-order valence-electron chi connectivity index (χ3n) is 3.84. The summed E-state index contributed by atoms with van der Waals surface area (Å²) in [4.78, 5) is 12.2. The Labute approximate surface area is 93.6 Å². The quantitative estimate of drug-likeness (QED) is 0.776. The van der Waals surface area contributed by atoms with E-state index in [1.807, 2.05) is 0 Å². The Morgan fingerprint density at radius 1 is 1.27 bits per heavy atom. The van der Waals surface area contributed by atoms with Crippen LogP contribution in [0.5, 0.6) is 0 Å². The van der Waals surface area contributed by atoms with Crippen molar-refractivity contribution in [3.63, 3.8) is 0 Å². The molecule has 0 amide bonds. The van der Waals surface area contributed by atoms with Crippen molar-refractivity contribution in [2.75, 3.05) is 6.54 Å². The minimum Gasteiger partial charge on any atom is -0.330 e. The Morgan fingerprint density at radius 3 is 2.20 bits per heavy atom. The molecule has 1 fully saturated rings. The molecule has 1 aliphatic rings. The van der Waals surface area contributed by atoms with E-state index in [4.69, 9.17) is 5.73 Å². The number of ketones is 1. The number of rotatable bonds is 4. The van der Waals surface area contributed by atoms with Crippen molar-refractivity contribution in [3.05, 3.63) is 0 Å². The zero-order valence-corrected chi connectivity index (χ0v) is 10.3. The van der Waals surface area contributed by atoms with Gasteiger partial charge < -0.3 is 5.73 Å². The van der Waals surface area contributed by atoms with E-state index in [0.29, 0.717) is 24.2 Å². The molecule has 1 unspecified atom stereocenters. The molecule has 2 nitrogen and oxygen atoms in total. The molecule has 0 saturated heterocycles. The van der Waals surface area contributed by atoms with E-state index in [-0.39, 0.29) is 5.92 Å². The fraction of sp³-hybridized carbons (Fsp3) is 0.923. The SMILES string of the molecule is CC1CCC(C(=O)C(CN)C(C)C)CC1. The molecule has 1 saturated carbocycles. The van der Waals surface area contributed by atoms with Gasteiger partial charge in [-0.15, -0.1) is 0 Å². The summed E-state index contributed by atoms with van der Waals surface area (Å²) in [5, 5.41) is 0. The maximum Gasteiger partial charge on any atom is 0.140 e. The van der Waals surface area contributed by atoms with Gasteiger partial charge in [-0.25, -0.2) is 0 Å². The van der Waals surface area contributed by atoms with Gasteiger partial charge in [0.1, 0.15) is 5.78 Å². The Balaban J connectivity index is 2.52. The summed E-state index contributed by atoms with van der Waals surface area (Å²) in [6.45, 7) is 6.99. The molecule has 2 N–H and O–H groups in total. The molecule has 0 aromatic rings. The number of nitrogens with two attached hydrogens (primary N) is 1. The lowest BCUT2D eigenvalue weighted by Crippen LogP contribution is -2.34. The van der Waals surface area contributed by atoms with Crippen LogP contribution in [0, 0.1) is 23.7 Å². The molecule has 1 aliphatic carbocycles. The van der Waals surface area contributed by atoms with Crippen LogP contribution in [0.4, 0.5) is 0 Å². The topological polar surface area (TPSA) is 43.1 Å². The number of hydrogen-bond acceptors (Lipinski definition) is 2. The van der Waals surface area contributed by atoms with Crippen LogP contribution < -0.4 is 5.73 Å². The van der Waals surface area contributed by atoms with Gasteiger partial charge in [0.15, 0.2) is 0 Å². The maximum absolute atomic E-state index is 12.2. The molecule has 2 heteroatoms. The van der Waals surface area contributed by atoms with Crippen molar-refractivity contribution in [2.45, 2.75) is 46.5 Å². The van der Waals surface area contributed by atoms with Crippen molar-refractivity contribution in [1.82, 2.24) is 0 Å². The number of Topliss-reactive ketones (excluding diaryl/α,β-unsaturated/α-hetero) is 1. The van der Waals surface area contributed by atoms with Crippen LogP contribution >= 0.6 is 0 Å². The van der Waals surface area contributed by atoms with Crippen molar-refractivity contribution < 1.29 is 4.79 Å². The molecule has 0 aromatic carbocycles. The first-order chi connectivity index (χ1) is 7.06. The molecule has 1 atom stereocenters. The largest absolute Gasteiger partial charge is 0.330 e. The van der Waals surface area contributed by atoms with Crippen LogP contribution in [-0.2, 0) is 4.79 Å². The molecule has 0 aliphatic heterocycles. The van der Waals surface area contributed by atoms with E-state index in [1.165, 1.54) is 12.8 Å². The van der Waals surface area contributed by atoms with Crippen LogP contribution in [0.1, 0.15) is 46.5 Å². The predicted octanol–water partition coefficient (Wildman–Crippen LogP) is 2.61. The van der Waals surface area contributed by atoms with E-state index in [1.54, 1.807) is 0 Å². The van der Waals surface area contributed by atoms with E-state index in [0.717, 1.165) is 18.8 Å². The van der Waals surface area contributed by atoms with E-state index in [2.05, 4.69) is 20.8 Å². The van der Waals surface area contributed by atoms with Gasteiger partial charge in [-0.3, -0.25) is 4.79 Å². The highest BCUT2D eigenvalue weighted by Gasteiger charge is 2.30.